The summed E-state index contributed by atoms with van der Waals surface area (Å²) >= 11 is 0. The second-order valence-electron chi connectivity index (χ2n) is 7.56. The topological polar surface area (TPSA) is 94.6 Å². The van der Waals surface area contributed by atoms with Gasteiger partial charge in [0, 0.05) is 17.7 Å². The molecule has 1 heterocycles. The summed E-state index contributed by atoms with van der Waals surface area (Å²) in [6.45, 7) is 2.00. The molecule has 0 saturated carbocycles. The van der Waals surface area contributed by atoms with Crippen LogP contribution in [0.5, 0.6) is 17.2 Å². The summed E-state index contributed by atoms with van der Waals surface area (Å²) in [5.74, 6) is 0.556. The average Bonchev–Trinajstić information content (AvgIpc) is 2.83. The molecule has 164 valence electrons. The molecule has 0 fully saturated rings. The van der Waals surface area contributed by atoms with Crippen molar-refractivity contribution in [2.24, 2.45) is 5.73 Å². The number of hydrogen-bond donors (Lipinski definition) is 1. The van der Waals surface area contributed by atoms with E-state index in [4.69, 9.17) is 19.9 Å². The van der Waals surface area contributed by atoms with E-state index in [1.165, 1.54) is 6.08 Å². The van der Waals surface area contributed by atoms with Gasteiger partial charge in [-0.1, -0.05) is 48.0 Å². The van der Waals surface area contributed by atoms with E-state index >= 15 is 0 Å². The minimum absolute atomic E-state index is 0.0218. The maximum absolute atomic E-state index is 12.3. The Morgan fingerprint density at radius 3 is 2.42 bits per heavy atom. The summed E-state index contributed by atoms with van der Waals surface area (Å²) < 4.78 is 16.4. The van der Waals surface area contributed by atoms with E-state index in [0.29, 0.717) is 22.8 Å². The number of ether oxygens (including phenoxy) is 3. The van der Waals surface area contributed by atoms with Crippen LogP contribution in [0.15, 0.2) is 84.3 Å². The Morgan fingerprint density at radius 2 is 1.76 bits per heavy atom. The van der Waals surface area contributed by atoms with Crippen molar-refractivity contribution in [1.82, 2.24) is 0 Å². The van der Waals surface area contributed by atoms with E-state index in [9.17, 15) is 10.1 Å². The molecule has 6 heteroatoms. The van der Waals surface area contributed by atoms with Crippen LogP contribution in [-0.4, -0.2) is 13.1 Å². The summed E-state index contributed by atoms with van der Waals surface area (Å²) in [7, 11) is 1.59. The molecular weight excluding hydrogens is 416 g/mol. The fourth-order valence-corrected chi connectivity index (χ4v) is 3.63. The van der Waals surface area contributed by atoms with Crippen LogP contribution in [0.25, 0.3) is 6.08 Å². The first kappa shape index (κ1) is 21.7. The predicted molar refractivity (Wildman–Crippen MR) is 125 cm³/mol. The molecule has 3 aromatic carbocycles. The minimum atomic E-state index is -0.515. The van der Waals surface area contributed by atoms with Gasteiger partial charge in [-0.05, 0) is 42.3 Å². The third-order valence-corrected chi connectivity index (χ3v) is 5.35. The van der Waals surface area contributed by atoms with Gasteiger partial charge in [-0.3, -0.25) is 0 Å². The van der Waals surface area contributed by atoms with Gasteiger partial charge in [-0.15, -0.1) is 0 Å². The molecule has 3 aromatic rings. The van der Waals surface area contributed by atoms with E-state index in [2.05, 4.69) is 6.07 Å². The third-order valence-electron chi connectivity index (χ3n) is 5.35. The van der Waals surface area contributed by atoms with Crippen LogP contribution < -0.4 is 19.9 Å². The molecule has 33 heavy (non-hydrogen) atoms. The predicted octanol–water partition coefficient (Wildman–Crippen LogP) is 4.84. The zero-order valence-corrected chi connectivity index (χ0v) is 18.2. The lowest BCUT2D eigenvalue weighted by Crippen LogP contribution is -2.21. The van der Waals surface area contributed by atoms with Crippen LogP contribution in [0, 0.1) is 18.3 Å². The molecule has 0 spiro atoms. The lowest BCUT2D eigenvalue weighted by molar-refractivity contribution is -0.128. The molecule has 1 aliphatic rings. The Bertz CT molecular complexity index is 1280. The van der Waals surface area contributed by atoms with Crippen LogP contribution in [0.3, 0.4) is 0 Å². The molecule has 0 bridgehead atoms. The van der Waals surface area contributed by atoms with Gasteiger partial charge in [-0.2, -0.15) is 5.26 Å². The number of nitriles is 1. The molecule has 0 aliphatic carbocycles. The van der Waals surface area contributed by atoms with Crippen molar-refractivity contribution in [3.05, 3.63) is 107 Å². The summed E-state index contributed by atoms with van der Waals surface area (Å²) in [4.78, 5) is 12.3. The smallest absolute Gasteiger partial charge is 0.336 e. The summed E-state index contributed by atoms with van der Waals surface area (Å²) in [6.07, 6.45) is 3.06. The lowest BCUT2D eigenvalue weighted by Gasteiger charge is -2.26. The number of allylic oxidation sites excluding steroid dienone is 1. The monoisotopic (exact) mass is 438 g/mol. The molecule has 1 atom stereocenters. The molecule has 0 radical (unpaired) electrons. The molecular formula is C27H22N2O4. The molecule has 2 N–H and O–H groups in total. The van der Waals surface area contributed by atoms with E-state index in [1.54, 1.807) is 31.4 Å². The Morgan fingerprint density at radius 1 is 1.06 bits per heavy atom. The van der Waals surface area contributed by atoms with Crippen molar-refractivity contribution < 1.29 is 19.0 Å². The van der Waals surface area contributed by atoms with Gasteiger partial charge >= 0.3 is 5.97 Å². The molecule has 0 amide bonds. The fourth-order valence-electron chi connectivity index (χ4n) is 3.63. The maximum Gasteiger partial charge on any atom is 0.336 e. The first-order chi connectivity index (χ1) is 16.0. The van der Waals surface area contributed by atoms with Crippen LogP contribution >= 0.6 is 0 Å². The number of esters is 1. The van der Waals surface area contributed by atoms with Crippen molar-refractivity contribution in [1.29, 1.82) is 5.26 Å². The number of methoxy groups -OCH3 is 1. The first-order valence-corrected chi connectivity index (χ1v) is 10.3. The first-order valence-electron chi connectivity index (χ1n) is 10.3. The van der Waals surface area contributed by atoms with Crippen molar-refractivity contribution in [2.75, 3.05) is 7.11 Å². The van der Waals surface area contributed by atoms with Crippen molar-refractivity contribution in [3.63, 3.8) is 0 Å². The highest BCUT2D eigenvalue weighted by Crippen LogP contribution is 2.43. The Labute approximate surface area is 192 Å². The van der Waals surface area contributed by atoms with Crippen LogP contribution in [-0.2, 0) is 4.79 Å². The second-order valence-corrected chi connectivity index (χ2v) is 7.56. The summed E-state index contributed by atoms with van der Waals surface area (Å²) in [5.41, 5.74) is 10.0. The SMILES string of the molecule is COc1ccc(C2C(C#N)=C(N)Oc3cc(OC(=O)/C=C/c4ccc(C)cc4)ccc32)cc1. The van der Waals surface area contributed by atoms with Gasteiger partial charge in [-0.25, -0.2) is 4.79 Å². The quantitative estimate of drug-likeness (QED) is 0.348. The number of carbonyl (C=O) groups excluding carboxylic acids is 1. The highest BCUT2D eigenvalue weighted by molar-refractivity contribution is 5.88. The van der Waals surface area contributed by atoms with Gasteiger partial charge in [0.25, 0.3) is 0 Å². The largest absolute Gasteiger partial charge is 0.497 e. The molecule has 1 unspecified atom stereocenters. The number of nitrogens with two attached hydrogens (primary N) is 1. The van der Waals surface area contributed by atoms with Crippen LogP contribution in [0.2, 0.25) is 0 Å². The number of benzene rings is 3. The normalized spacial score (nSPS) is 14.9. The maximum atomic E-state index is 12.3. The molecule has 4 rings (SSSR count). The van der Waals surface area contributed by atoms with Gasteiger partial charge in [0.15, 0.2) is 0 Å². The number of hydrogen-bond acceptors (Lipinski definition) is 6. The lowest BCUT2D eigenvalue weighted by atomic mass is 9.83. The number of aryl methyl sites for hydroxylation is 1. The van der Waals surface area contributed by atoms with Crippen molar-refractivity contribution in [2.45, 2.75) is 12.8 Å². The van der Waals surface area contributed by atoms with Crippen molar-refractivity contribution in [3.8, 4) is 23.3 Å². The van der Waals surface area contributed by atoms with Crippen LogP contribution in [0.4, 0.5) is 0 Å². The van der Waals surface area contributed by atoms with Gasteiger partial charge in [0.2, 0.25) is 5.88 Å². The minimum Gasteiger partial charge on any atom is -0.497 e. The standard InChI is InChI=1S/C27H22N2O4/c1-17-3-5-18(6-4-17)7-14-25(30)32-21-12-13-22-24(15-21)33-27(29)23(16-28)26(22)19-8-10-20(31-2)11-9-19/h3-15,26H,29H2,1-2H3/b14-7+. The second kappa shape index (κ2) is 9.33. The van der Waals surface area contributed by atoms with Crippen molar-refractivity contribution >= 4 is 12.0 Å². The Hall–Kier alpha value is -4.50. The number of nitrogens with zero attached hydrogens (tertiary/aromatic N) is 1. The fraction of sp³-hybridized carbons (Fsp3) is 0.111. The molecule has 0 saturated heterocycles. The summed E-state index contributed by atoms with van der Waals surface area (Å²) in [6, 6.07) is 22.4. The number of fused-ring (bicyclic) bond motifs is 1. The summed E-state index contributed by atoms with van der Waals surface area (Å²) in [5, 5.41) is 9.69. The molecule has 6 nitrogen and oxygen atoms in total. The molecule has 0 aromatic heterocycles. The van der Waals surface area contributed by atoms with Gasteiger partial charge < -0.3 is 19.9 Å². The zero-order valence-electron chi connectivity index (χ0n) is 18.2. The molecule has 1 aliphatic heterocycles. The highest BCUT2D eigenvalue weighted by atomic mass is 16.5. The van der Waals surface area contributed by atoms with E-state index in [0.717, 1.165) is 22.3 Å². The van der Waals surface area contributed by atoms with Gasteiger partial charge in [0.1, 0.15) is 28.9 Å². The number of carbonyl (C=O) groups is 1. The Kier molecular flexibility index (Phi) is 6.14. The van der Waals surface area contributed by atoms with E-state index in [-0.39, 0.29) is 5.88 Å². The van der Waals surface area contributed by atoms with E-state index < -0.39 is 11.9 Å². The average molecular weight is 438 g/mol. The third kappa shape index (κ3) is 4.73. The number of rotatable bonds is 5. The van der Waals surface area contributed by atoms with Crippen LogP contribution in [0.1, 0.15) is 28.2 Å². The Balaban J connectivity index is 1.58. The van der Waals surface area contributed by atoms with Gasteiger partial charge in [0.05, 0.1) is 13.0 Å². The zero-order chi connectivity index (χ0) is 23.4. The van der Waals surface area contributed by atoms with E-state index in [1.807, 2.05) is 55.5 Å². The highest BCUT2D eigenvalue weighted by Gasteiger charge is 2.31.